The van der Waals surface area contributed by atoms with Crippen LogP contribution in [0.2, 0.25) is 0 Å². The van der Waals surface area contributed by atoms with Gasteiger partial charge in [0.15, 0.2) is 11.5 Å². The van der Waals surface area contributed by atoms with Gasteiger partial charge in [0, 0.05) is 6.54 Å². The molecule has 0 N–H and O–H groups in total. The third-order valence-corrected chi connectivity index (χ3v) is 3.68. The Bertz CT molecular complexity index is 499. The third kappa shape index (κ3) is 3.07. The minimum Gasteiger partial charge on any atom is -0.493 e. The summed E-state index contributed by atoms with van der Waals surface area (Å²) in [6.45, 7) is 4.39. The fraction of sp³-hybridized carbons (Fsp3) is 0.500. The van der Waals surface area contributed by atoms with Crippen LogP contribution < -0.4 is 13.8 Å². The van der Waals surface area contributed by atoms with E-state index in [-0.39, 0.29) is 0 Å². The molecule has 1 aromatic carbocycles. The van der Waals surface area contributed by atoms with Crippen LogP contribution in [0.1, 0.15) is 13.8 Å². The summed E-state index contributed by atoms with van der Waals surface area (Å²) in [5.74, 6) is 0.978. The fourth-order valence-electron chi connectivity index (χ4n) is 1.73. The number of sulfonamides is 1. The molecule has 6 heteroatoms. The number of para-hydroxylation sites is 1. The van der Waals surface area contributed by atoms with E-state index in [1.807, 2.05) is 6.92 Å². The van der Waals surface area contributed by atoms with E-state index in [0.29, 0.717) is 30.3 Å². The lowest BCUT2D eigenvalue weighted by Gasteiger charge is -2.24. The summed E-state index contributed by atoms with van der Waals surface area (Å²) in [7, 11) is -1.81. The van der Waals surface area contributed by atoms with Crippen molar-refractivity contribution in [2.75, 3.05) is 30.8 Å². The number of rotatable bonds is 6. The van der Waals surface area contributed by atoms with Crippen molar-refractivity contribution in [3.8, 4) is 11.5 Å². The highest BCUT2D eigenvalue weighted by molar-refractivity contribution is 7.92. The van der Waals surface area contributed by atoms with E-state index in [1.165, 1.54) is 17.7 Å². The first-order valence-electron chi connectivity index (χ1n) is 5.73. The average molecular weight is 273 g/mol. The van der Waals surface area contributed by atoms with Crippen molar-refractivity contribution in [2.45, 2.75) is 13.8 Å². The van der Waals surface area contributed by atoms with E-state index in [0.717, 1.165) is 0 Å². The summed E-state index contributed by atoms with van der Waals surface area (Å²) < 4.78 is 35.5. The minimum atomic E-state index is -3.34. The molecule has 0 aliphatic carbocycles. The van der Waals surface area contributed by atoms with Gasteiger partial charge in [-0.1, -0.05) is 6.07 Å². The predicted molar refractivity (Wildman–Crippen MR) is 72.0 cm³/mol. The van der Waals surface area contributed by atoms with Gasteiger partial charge in [0.25, 0.3) is 0 Å². The summed E-state index contributed by atoms with van der Waals surface area (Å²) in [5.41, 5.74) is 0.501. The predicted octanol–water partition coefficient (Wildman–Crippen LogP) is 1.88. The van der Waals surface area contributed by atoms with Crippen molar-refractivity contribution >= 4 is 15.7 Å². The Balaban J connectivity index is 3.38. The molecule has 0 saturated heterocycles. The molecule has 0 unspecified atom stereocenters. The zero-order valence-corrected chi connectivity index (χ0v) is 12.0. The summed E-state index contributed by atoms with van der Waals surface area (Å²) in [4.78, 5) is 0. The summed E-state index contributed by atoms with van der Waals surface area (Å²) in [6, 6.07) is 5.19. The largest absolute Gasteiger partial charge is 0.493 e. The van der Waals surface area contributed by atoms with Crippen LogP contribution in [-0.2, 0) is 10.0 Å². The van der Waals surface area contributed by atoms with Gasteiger partial charge in [-0.15, -0.1) is 0 Å². The molecule has 0 amide bonds. The molecular formula is C12H19NO4S. The maximum atomic E-state index is 11.7. The lowest BCUT2D eigenvalue weighted by molar-refractivity contribution is 0.312. The van der Waals surface area contributed by atoms with Crippen LogP contribution in [0.5, 0.6) is 11.5 Å². The average Bonchev–Trinajstić information content (AvgIpc) is 2.30. The molecule has 0 aliphatic rings. The number of benzene rings is 1. The van der Waals surface area contributed by atoms with E-state index in [9.17, 15) is 8.42 Å². The quantitative estimate of drug-likeness (QED) is 0.794. The third-order valence-electron chi connectivity index (χ3n) is 2.42. The Labute approximate surface area is 108 Å². The van der Waals surface area contributed by atoms with E-state index in [1.54, 1.807) is 25.1 Å². The first kappa shape index (κ1) is 14.6. The van der Waals surface area contributed by atoms with Crippen molar-refractivity contribution in [3.05, 3.63) is 18.2 Å². The van der Waals surface area contributed by atoms with Gasteiger partial charge in [0.05, 0.1) is 25.7 Å². The van der Waals surface area contributed by atoms with E-state index < -0.39 is 10.0 Å². The van der Waals surface area contributed by atoms with Crippen molar-refractivity contribution in [1.82, 2.24) is 0 Å². The zero-order chi connectivity index (χ0) is 13.8. The molecule has 0 spiro atoms. The highest BCUT2D eigenvalue weighted by atomic mass is 32.2. The molecular weight excluding hydrogens is 254 g/mol. The first-order valence-corrected chi connectivity index (χ1v) is 7.58. The van der Waals surface area contributed by atoms with Gasteiger partial charge in [0.1, 0.15) is 0 Å². The van der Waals surface area contributed by atoms with Crippen LogP contribution in [0.25, 0.3) is 0 Å². The molecule has 5 nitrogen and oxygen atoms in total. The Morgan fingerprint density at radius 2 is 1.94 bits per heavy atom. The van der Waals surface area contributed by atoms with Crippen LogP contribution in [0, 0.1) is 0 Å². The minimum absolute atomic E-state index is 0.339. The van der Waals surface area contributed by atoms with Crippen molar-refractivity contribution in [2.24, 2.45) is 0 Å². The molecule has 0 aliphatic heterocycles. The molecule has 1 aromatic rings. The molecule has 1 rings (SSSR count). The number of anilines is 1. The molecule has 0 saturated carbocycles. The first-order chi connectivity index (χ1) is 8.45. The summed E-state index contributed by atoms with van der Waals surface area (Å²) >= 11 is 0. The smallest absolute Gasteiger partial charge is 0.232 e. The standard InChI is InChI=1S/C12H19NO4S/c1-5-13(18(4,14)15)10-8-7-9-11(16-3)12(10)17-6-2/h7-9H,5-6H2,1-4H3. The van der Waals surface area contributed by atoms with Gasteiger partial charge >= 0.3 is 0 Å². The number of hydrogen-bond acceptors (Lipinski definition) is 4. The monoisotopic (exact) mass is 273 g/mol. The Kier molecular flexibility index (Phi) is 4.84. The van der Waals surface area contributed by atoms with Gasteiger partial charge in [-0.05, 0) is 26.0 Å². The van der Waals surface area contributed by atoms with Crippen molar-refractivity contribution in [3.63, 3.8) is 0 Å². The maximum Gasteiger partial charge on any atom is 0.232 e. The molecule has 0 atom stereocenters. The lowest BCUT2D eigenvalue weighted by Crippen LogP contribution is -2.29. The van der Waals surface area contributed by atoms with Gasteiger partial charge in [-0.2, -0.15) is 0 Å². The molecule has 0 radical (unpaired) electrons. The van der Waals surface area contributed by atoms with Crippen LogP contribution in [-0.4, -0.2) is 34.9 Å². The van der Waals surface area contributed by atoms with Crippen molar-refractivity contribution < 1.29 is 17.9 Å². The zero-order valence-electron chi connectivity index (χ0n) is 11.1. The maximum absolute atomic E-state index is 11.7. The SMILES string of the molecule is CCOc1c(OC)cccc1N(CC)S(C)(=O)=O. The van der Waals surface area contributed by atoms with Gasteiger partial charge in [-0.3, -0.25) is 4.31 Å². The van der Waals surface area contributed by atoms with Crippen LogP contribution >= 0.6 is 0 Å². The second-order valence-electron chi connectivity index (χ2n) is 3.67. The second-order valence-corrected chi connectivity index (χ2v) is 5.58. The van der Waals surface area contributed by atoms with E-state index in [2.05, 4.69) is 0 Å². The normalized spacial score (nSPS) is 11.1. The van der Waals surface area contributed by atoms with E-state index in [4.69, 9.17) is 9.47 Å². The fourth-order valence-corrected chi connectivity index (χ4v) is 2.70. The molecule has 102 valence electrons. The highest BCUT2D eigenvalue weighted by Gasteiger charge is 2.21. The van der Waals surface area contributed by atoms with Gasteiger partial charge < -0.3 is 9.47 Å². The molecule has 0 fully saturated rings. The van der Waals surface area contributed by atoms with Gasteiger partial charge in [-0.25, -0.2) is 8.42 Å². The second kappa shape index (κ2) is 5.95. The topological polar surface area (TPSA) is 55.8 Å². The van der Waals surface area contributed by atoms with Crippen molar-refractivity contribution in [1.29, 1.82) is 0 Å². The summed E-state index contributed by atoms with van der Waals surface area (Å²) in [5, 5.41) is 0. The molecule has 0 aromatic heterocycles. The molecule has 18 heavy (non-hydrogen) atoms. The van der Waals surface area contributed by atoms with Crippen LogP contribution in [0.3, 0.4) is 0 Å². The van der Waals surface area contributed by atoms with Crippen LogP contribution in [0.4, 0.5) is 5.69 Å². The number of nitrogens with zero attached hydrogens (tertiary/aromatic N) is 1. The molecule has 0 heterocycles. The Morgan fingerprint density at radius 1 is 1.28 bits per heavy atom. The van der Waals surface area contributed by atoms with Crippen LogP contribution in [0.15, 0.2) is 18.2 Å². The number of ether oxygens (including phenoxy) is 2. The van der Waals surface area contributed by atoms with E-state index >= 15 is 0 Å². The van der Waals surface area contributed by atoms with Gasteiger partial charge in [0.2, 0.25) is 10.0 Å². The lowest BCUT2D eigenvalue weighted by atomic mass is 10.2. The highest BCUT2D eigenvalue weighted by Crippen LogP contribution is 2.38. The summed E-state index contributed by atoms with van der Waals surface area (Å²) in [6.07, 6.45) is 1.17. The Hall–Kier alpha value is -1.43. The number of methoxy groups -OCH3 is 1. The number of hydrogen-bond donors (Lipinski definition) is 0. The Morgan fingerprint density at radius 3 is 2.39 bits per heavy atom. The molecule has 0 bridgehead atoms.